The summed E-state index contributed by atoms with van der Waals surface area (Å²) in [5.74, 6) is -1.70. The molecule has 8 heteroatoms. The van der Waals surface area contributed by atoms with E-state index in [0.29, 0.717) is 22.0 Å². The van der Waals surface area contributed by atoms with Gasteiger partial charge in [-0.15, -0.1) is 0 Å². The minimum absolute atomic E-state index is 0.111. The van der Waals surface area contributed by atoms with Crippen LogP contribution >= 0.6 is 11.8 Å². The van der Waals surface area contributed by atoms with Crippen molar-refractivity contribution < 1.29 is 19.5 Å². The zero-order valence-electron chi connectivity index (χ0n) is 15.0. The van der Waals surface area contributed by atoms with Crippen LogP contribution in [0.5, 0.6) is 0 Å². The molecule has 0 radical (unpaired) electrons. The number of fused-ring (bicyclic) bond motifs is 1. The molecule has 4 rings (SSSR count). The second kappa shape index (κ2) is 6.65. The molecule has 0 aliphatic carbocycles. The number of amides is 2. The number of rotatable bonds is 2. The van der Waals surface area contributed by atoms with E-state index in [1.165, 1.54) is 17.0 Å². The van der Waals surface area contributed by atoms with Crippen molar-refractivity contribution in [2.45, 2.75) is 6.92 Å². The number of anilines is 1. The zero-order valence-corrected chi connectivity index (χ0v) is 15.8. The second-order valence-corrected chi connectivity index (χ2v) is 7.36. The molecule has 2 aliphatic rings. The molecule has 2 amide bonds. The van der Waals surface area contributed by atoms with Crippen molar-refractivity contribution in [3.63, 3.8) is 0 Å². The molecule has 140 valence electrons. The molecule has 2 aromatic rings. The highest BCUT2D eigenvalue weighted by molar-refractivity contribution is 8.18. The van der Waals surface area contributed by atoms with Crippen LogP contribution in [-0.2, 0) is 9.59 Å². The Labute approximate surface area is 164 Å². The van der Waals surface area contributed by atoms with Crippen LogP contribution < -0.4 is 10.2 Å². The molecule has 28 heavy (non-hydrogen) atoms. The average molecular weight is 393 g/mol. The number of benzene rings is 2. The summed E-state index contributed by atoms with van der Waals surface area (Å²) >= 11 is 1.08. The number of carboxylic acid groups (broad SMARTS) is 1. The predicted molar refractivity (Wildman–Crippen MR) is 108 cm³/mol. The molecule has 1 fully saturated rings. The minimum Gasteiger partial charge on any atom is -0.478 e. The molecule has 0 saturated carbocycles. The number of amidine groups is 1. The average Bonchev–Trinajstić information content (AvgIpc) is 3.14. The zero-order chi connectivity index (χ0) is 20.0. The lowest BCUT2D eigenvalue weighted by atomic mass is 10.1. The lowest BCUT2D eigenvalue weighted by Crippen LogP contribution is -2.23. The Bertz CT molecular complexity index is 1120. The van der Waals surface area contributed by atoms with E-state index in [9.17, 15) is 14.4 Å². The molecular weight excluding hydrogens is 378 g/mol. The first-order valence-electron chi connectivity index (χ1n) is 8.40. The molecule has 0 unspecified atom stereocenters. The fraction of sp³-hybridized carbons (Fsp3) is 0.100. The Hall–Kier alpha value is -3.39. The van der Waals surface area contributed by atoms with Gasteiger partial charge in [-0.05, 0) is 42.4 Å². The third kappa shape index (κ3) is 2.87. The Morgan fingerprint density at radius 3 is 2.68 bits per heavy atom. The first-order valence-corrected chi connectivity index (χ1v) is 9.22. The van der Waals surface area contributed by atoms with E-state index in [1.807, 2.05) is 24.3 Å². The number of hydrogen-bond donors (Lipinski definition) is 2. The number of para-hydroxylation sites is 1. The monoisotopic (exact) mass is 393 g/mol. The molecule has 1 saturated heterocycles. The normalized spacial score (nSPS) is 19.9. The summed E-state index contributed by atoms with van der Waals surface area (Å²) in [6.45, 7) is 1.80. The smallest absolute Gasteiger partial charge is 0.335 e. The fourth-order valence-electron chi connectivity index (χ4n) is 3.10. The molecule has 2 heterocycles. The first kappa shape index (κ1) is 18.0. The van der Waals surface area contributed by atoms with Gasteiger partial charge in [-0.3, -0.25) is 9.59 Å². The summed E-state index contributed by atoms with van der Waals surface area (Å²) in [5.41, 5.74) is 3.14. The highest BCUT2D eigenvalue weighted by Crippen LogP contribution is 2.42. The van der Waals surface area contributed by atoms with Crippen molar-refractivity contribution >= 4 is 51.7 Å². The summed E-state index contributed by atoms with van der Waals surface area (Å²) in [6.07, 6.45) is 0. The van der Waals surface area contributed by atoms with Gasteiger partial charge in [-0.1, -0.05) is 24.3 Å². The Morgan fingerprint density at radius 2 is 1.93 bits per heavy atom. The second-order valence-electron chi connectivity index (χ2n) is 6.37. The van der Waals surface area contributed by atoms with E-state index in [0.717, 1.165) is 23.0 Å². The van der Waals surface area contributed by atoms with Gasteiger partial charge in [0.2, 0.25) is 0 Å². The van der Waals surface area contributed by atoms with Crippen LogP contribution in [0.3, 0.4) is 0 Å². The topological polar surface area (TPSA) is 99.1 Å². The number of likely N-dealkylation sites (N-methyl/N-ethyl adjacent to an activating group) is 1. The van der Waals surface area contributed by atoms with Gasteiger partial charge in [-0.25, -0.2) is 9.79 Å². The van der Waals surface area contributed by atoms with Gasteiger partial charge in [-0.2, -0.15) is 0 Å². The maximum Gasteiger partial charge on any atom is 0.335 e. The SMILES string of the molecule is Cc1ccc(C(=O)O)cc1N=C1NC(=O)C(=C2C(=O)N(C)c3ccccc32)S1. The van der Waals surface area contributed by atoms with Crippen molar-refractivity contribution in [3.05, 3.63) is 64.1 Å². The number of hydrogen-bond acceptors (Lipinski definition) is 5. The van der Waals surface area contributed by atoms with Gasteiger partial charge in [0.15, 0.2) is 5.17 Å². The van der Waals surface area contributed by atoms with Gasteiger partial charge in [0.1, 0.15) is 0 Å². The fourth-order valence-corrected chi connectivity index (χ4v) is 4.02. The number of aliphatic imine (C=N–C) groups is 1. The third-order valence-corrected chi connectivity index (χ3v) is 5.56. The Balaban J connectivity index is 1.76. The lowest BCUT2D eigenvalue weighted by molar-refractivity contribution is -0.116. The van der Waals surface area contributed by atoms with Crippen LogP contribution in [0.15, 0.2) is 52.4 Å². The molecular formula is C20H15N3O4S. The molecule has 2 aromatic carbocycles. The summed E-state index contributed by atoms with van der Waals surface area (Å²) in [7, 11) is 1.67. The van der Waals surface area contributed by atoms with Crippen LogP contribution in [0.1, 0.15) is 21.5 Å². The molecule has 0 atom stereocenters. The van der Waals surface area contributed by atoms with Crippen molar-refractivity contribution in [1.29, 1.82) is 0 Å². The summed E-state index contributed by atoms with van der Waals surface area (Å²) < 4.78 is 0. The summed E-state index contributed by atoms with van der Waals surface area (Å²) in [4.78, 5) is 42.6. The number of nitrogens with one attached hydrogen (secondary N) is 1. The van der Waals surface area contributed by atoms with Crippen LogP contribution in [-0.4, -0.2) is 35.1 Å². The number of thioether (sulfide) groups is 1. The summed E-state index contributed by atoms with van der Waals surface area (Å²) in [6, 6.07) is 11.9. The van der Waals surface area contributed by atoms with Crippen molar-refractivity contribution in [2.24, 2.45) is 4.99 Å². The van der Waals surface area contributed by atoms with Crippen molar-refractivity contribution in [2.75, 3.05) is 11.9 Å². The molecule has 0 bridgehead atoms. The van der Waals surface area contributed by atoms with Crippen molar-refractivity contribution in [1.82, 2.24) is 5.32 Å². The number of aromatic carboxylic acids is 1. The van der Waals surface area contributed by atoms with Gasteiger partial charge in [0.25, 0.3) is 11.8 Å². The van der Waals surface area contributed by atoms with E-state index in [-0.39, 0.29) is 16.4 Å². The standard InChI is InChI=1S/C20H15N3O4S/c1-10-7-8-11(19(26)27)9-13(10)21-20-22-17(24)16(28-20)15-12-5-3-4-6-14(12)23(2)18(15)25/h3-9H,1-2H3,(H,26,27)(H,21,22,24). The maximum absolute atomic E-state index is 12.7. The third-order valence-electron chi connectivity index (χ3n) is 4.58. The minimum atomic E-state index is -1.05. The molecule has 0 spiro atoms. The van der Waals surface area contributed by atoms with E-state index in [1.54, 1.807) is 20.0 Å². The van der Waals surface area contributed by atoms with Gasteiger partial charge in [0.05, 0.1) is 27.4 Å². The Kier molecular flexibility index (Phi) is 4.27. The number of nitrogens with zero attached hydrogens (tertiary/aromatic N) is 2. The highest BCUT2D eigenvalue weighted by atomic mass is 32.2. The predicted octanol–water partition coefficient (Wildman–Crippen LogP) is 2.93. The quantitative estimate of drug-likeness (QED) is 0.765. The number of carbonyl (C=O) groups excluding carboxylic acids is 2. The number of carbonyl (C=O) groups is 3. The van der Waals surface area contributed by atoms with E-state index >= 15 is 0 Å². The van der Waals surface area contributed by atoms with E-state index in [2.05, 4.69) is 10.3 Å². The number of carboxylic acids is 1. The molecule has 2 N–H and O–H groups in total. The molecule has 7 nitrogen and oxygen atoms in total. The highest BCUT2D eigenvalue weighted by Gasteiger charge is 2.37. The molecule has 0 aromatic heterocycles. The number of aryl methyl sites for hydroxylation is 1. The lowest BCUT2D eigenvalue weighted by Gasteiger charge is -2.08. The first-order chi connectivity index (χ1) is 13.4. The van der Waals surface area contributed by atoms with Crippen LogP contribution in [0, 0.1) is 6.92 Å². The van der Waals surface area contributed by atoms with Gasteiger partial charge < -0.3 is 15.3 Å². The van der Waals surface area contributed by atoms with Crippen molar-refractivity contribution in [3.8, 4) is 0 Å². The maximum atomic E-state index is 12.7. The van der Waals surface area contributed by atoms with Crippen LogP contribution in [0.25, 0.3) is 5.57 Å². The van der Waals surface area contributed by atoms with Crippen LogP contribution in [0.4, 0.5) is 11.4 Å². The van der Waals surface area contributed by atoms with Crippen LogP contribution in [0.2, 0.25) is 0 Å². The van der Waals surface area contributed by atoms with Gasteiger partial charge in [0, 0.05) is 12.6 Å². The van der Waals surface area contributed by atoms with Gasteiger partial charge >= 0.3 is 5.97 Å². The molecule has 2 aliphatic heterocycles. The van der Waals surface area contributed by atoms with E-state index < -0.39 is 11.9 Å². The van der Waals surface area contributed by atoms with E-state index in [4.69, 9.17) is 5.11 Å². The largest absolute Gasteiger partial charge is 0.478 e. The summed E-state index contributed by atoms with van der Waals surface area (Å²) in [5, 5.41) is 12.1. The Morgan fingerprint density at radius 1 is 1.18 bits per heavy atom.